The van der Waals surface area contributed by atoms with E-state index in [0.717, 1.165) is 12.1 Å². The van der Waals surface area contributed by atoms with E-state index in [2.05, 4.69) is 10.1 Å². The first-order chi connectivity index (χ1) is 8.58. The van der Waals surface area contributed by atoms with Gasteiger partial charge in [-0.15, -0.1) is 0 Å². The largest absolute Gasteiger partial charge is 0.409 e. The zero-order chi connectivity index (χ0) is 13.5. The molecular weight excluding hydrogens is 232 g/mol. The summed E-state index contributed by atoms with van der Waals surface area (Å²) in [6.45, 7) is 4.45. The second kappa shape index (κ2) is 6.58. The lowest BCUT2D eigenvalue weighted by atomic mass is 10.2. The quantitative estimate of drug-likeness (QED) is 0.353. The lowest BCUT2D eigenvalue weighted by molar-refractivity contribution is 0.0778. The maximum absolute atomic E-state index is 12.2. The Morgan fingerprint density at radius 3 is 2.89 bits per heavy atom. The zero-order valence-electron chi connectivity index (χ0n) is 10.6. The van der Waals surface area contributed by atoms with Crippen LogP contribution in [0.15, 0.2) is 23.5 Å². The Kier molecular flexibility index (Phi) is 5.10. The fourth-order valence-corrected chi connectivity index (χ4v) is 1.61. The van der Waals surface area contributed by atoms with Crippen LogP contribution in [-0.4, -0.2) is 39.9 Å². The van der Waals surface area contributed by atoms with Crippen molar-refractivity contribution in [1.82, 2.24) is 9.88 Å². The summed E-state index contributed by atoms with van der Waals surface area (Å²) in [6.07, 6.45) is 2.39. The predicted molar refractivity (Wildman–Crippen MR) is 68.6 cm³/mol. The first-order valence-corrected chi connectivity index (χ1v) is 5.76. The number of oxime groups is 1. The summed E-state index contributed by atoms with van der Waals surface area (Å²) in [7, 11) is 0. The molecule has 6 heteroatoms. The Bertz CT molecular complexity index is 445. The van der Waals surface area contributed by atoms with Crippen molar-refractivity contribution in [3.05, 3.63) is 29.6 Å². The normalized spacial score (nSPS) is 11.3. The highest BCUT2D eigenvalue weighted by Gasteiger charge is 2.16. The number of amidine groups is 1. The number of hydrogen-bond acceptors (Lipinski definition) is 4. The molecule has 18 heavy (non-hydrogen) atoms. The molecule has 0 aliphatic rings. The molecule has 1 aromatic heterocycles. The second-order valence-corrected chi connectivity index (χ2v) is 4.00. The number of aryl methyl sites for hydroxylation is 1. The first-order valence-electron chi connectivity index (χ1n) is 5.76. The first kappa shape index (κ1) is 14.0. The van der Waals surface area contributed by atoms with Crippen LogP contribution in [0.2, 0.25) is 0 Å². The summed E-state index contributed by atoms with van der Waals surface area (Å²) in [5.74, 6) is -0.128. The van der Waals surface area contributed by atoms with Crippen LogP contribution in [0.4, 0.5) is 0 Å². The highest BCUT2D eigenvalue weighted by molar-refractivity contribution is 5.97. The van der Waals surface area contributed by atoms with Gasteiger partial charge < -0.3 is 15.8 Å². The third kappa shape index (κ3) is 3.73. The summed E-state index contributed by atoms with van der Waals surface area (Å²) in [4.78, 5) is 17.8. The summed E-state index contributed by atoms with van der Waals surface area (Å²) in [6, 6.07) is 3.38. The Morgan fingerprint density at radius 2 is 2.33 bits per heavy atom. The van der Waals surface area contributed by atoms with Crippen LogP contribution in [0.1, 0.15) is 29.4 Å². The van der Waals surface area contributed by atoms with Gasteiger partial charge in [0.25, 0.3) is 5.91 Å². The van der Waals surface area contributed by atoms with Crippen molar-refractivity contribution in [2.75, 3.05) is 13.1 Å². The van der Waals surface area contributed by atoms with Crippen molar-refractivity contribution >= 4 is 11.7 Å². The van der Waals surface area contributed by atoms with Crippen molar-refractivity contribution in [3.63, 3.8) is 0 Å². The third-order valence-electron chi connectivity index (χ3n) is 2.41. The average Bonchev–Trinajstić information content (AvgIpc) is 2.37. The molecule has 0 radical (unpaired) electrons. The Morgan fingerprint density at radius 1 is 1.61 bits per heavy atom. The van der Waals surface area contributed by atoms with Gasteiger partial charge >= 0.3 is 0 Å². The van der Waals surface area contributed by atoms with Gasteiger partial charge in [-0.1, -0.05) is 12.1 Å². The standard InChI is InChI=1S/C12H18N4O2/c1-3-6-16(8-11(13)15-18)12(17)10-4-5-14-9(2)7-10/h4-5,7,18H,3,6,8H2,1-2H3,(H2,13,15). The van der Waals surface area contributed by atoms with Gasteiger partial charge in [0.1, 0.15) is 0 Å². The summed E-state index contributed by atoms with van der Waals surface area (Å²) in [5, 5.41) is 11.5. The fourth-order valence-electron chi connectivity index (χ4n) is 1.61. The highest BCUT2D eigenvalue weighted by atomic mass is 16.4. The lowest BCUT2D eigenvalue weighted by Crippen LogP contribution is -2.39. The molecule has 0 aromatic carbocycles. The van der Waals surface area contributed by atoms with Gasteiger partial charge in [0.15, 0.2) is 5.84 Å². The highest BCUT2D eigenvalue weighted by Crippen LogP contribution is 2.06. The van der Waals surface area contributed by atoms with Crippen LogP contribution in [0, 0.1) is 6.92 Å². The second-order valence-electron chi connectivity index (χ2n) is 4.00. The molecular formula is C12H18N4O2. The van der Waals surface area contributed by atoms with Crippen LogP contribution in [0.25, 0.3) is 0 Å². The number of nitrogens with zero attached hydrogens (tertiary/aromatic N) is 3. The van der Waals surface area contributed by atoms with E-state index in [9.17, 15) is 4.79 Å². The predicted octanol–water partition coefficient (Wildman–Crippen LogP) is 0.989. The number of pyridine rings is 1. The molecule has 1 aromatic rings. The fraction of sp³-hybridized carbons (Fsp3) is 0.417. The topological polar surface area (TPSA) is 91.8 Å². The van der Waals surface area contributed by atoms with Gasteiger partial charge in [0.2, 0.25) is 0 Å². The van der Waals surface area contributed by atoms with Crippen LogP contribution in [0.3, 0.4) is 0 Å². The van der Waals surface area contributed by atoms with Gasteiger partial charge in [-0.2, -0.15) is 0 Å². The molecule has 3 N–H and O–H groups in total. The SMILES string of the molecule is CCCN(C/C(N)=N/O)C(=O)c1ccnc(C)c1. The van der Waals surface area contributed by atoms with Crippen molar-refractivity contribution < 1.29 is 10.0 Å². The van der Waals surface area contributed by atoms with E-state index in [4.69, 9.17) is 10.9 Å². The van der Waals surface area contributed by atoms with E-state index in [1.54, 1.807) is 23.2 Å². The van der Waals surface area contributed by atoms with E-state index in [0.29, 0.717) is 12.1 Å². The Labute approximate surface area is 106 Å². The summed E-state index contributed by atoms with van der Waals surface area (Å²) >= 11 is 0. The number of amides is 1. The smallest absolute Gasteiger partial charge is 0.254 e. The molecule has 6 nitrogen and oxygen atoms in total. The van der Waals surface area contributed by atoms with E-state index in [1.807, 2.05) is 13.8 Å². The molecule has 0 bridgehead atoms. The average molecular weight is 250 g/mol. The number of rotatable bonds is 5. The molecule has 0 unspecified atom stereocenters. The van der Waals surface area contributed by atoms with Gasteiger partial charge in [0, 0.05) is 24.0 Å². The summed E-state index contributed by atoms with van der Waals surface area (Å²) in [5.41, 5.74) is 6.78. The Balaban J connectivity index is 2.88. The minimum Gasteiger partial charge on any atom is -0.409 e. The number of aromatic nitrogens is 1. The summed E-state index contributed by atoms with van der Waals surface area (Å²) < 4.78 is 0. The molecule has 0 saturated heterocycles. The molecule has 1 rings (SSSR count). The van der Waals surface area contributed by atoms with Gasteiger partial charge in [-0.25, -0.2) is 0 Å². The molecule has 0 atom stereocenters. The van der Waals surface area contributed by atoms with E-state index in [-0.39, 0.29) is 18.3 Å². The van der Waals surface area contributed by atoms with Crippen molar-refractivity contribution in [2.45, 2.75) is 20.3 Å². The van der Waals surface area contributed by atoms with Crippen LogP contribution in [-0.2, 0) is 0 Å². The molecule has 0 fully saturated rings. The van der Waals surface area contributed by atoms with Crippen molar-refractivity contribution in [1.29, 1.82) is 0 Å². The maximum atomic E-state index is 12.2. The van der Waals surface area contributed by atoms with Crippen LogP contribution < -0.4 is 5.73 Å². The number of carbonyl (C=O) groups excluding carboxylic acids is 1. The minimum atomic E-state index is -0.144. The number of carbonyl (C=O) groups is 1. The van der Waals surface area contributed by atoms with E-state index in [1.165, 1.54) is 0 Å². The molecule has 98 valence electrons. The number of hydrogen-bond donors (Lipinski definition) is 2. The van der Waals surface area contributed by atoms with Gasteiger partial charge in [-0.05, 0) is 25.5 Å². The lowest BCUT2D eigenvalue weighted by Gasteiger charge is -2.21. The van der Waals surface area contributed by atoms with Crippen LogP contribution >= 0.6 is 0 Å². The maximum Gasteiger partial charge on any atom is 0.254 e. The minimum absolute atomic E-state index is 0.0163. The Hall–Kier alpha value is -2.11. The molecule has 0 aliphatic heterocycles. The molecule has 1 amide bonds. The van der Waals surface area contributed by atoms with E-state index < -0.39 is 0 Å². The van der Waals surface area contributed by atoms with Crippen molar-refractivity contribution in [3.8, 4) is 0 Å². The number of nitrogens with two attached hydrogens (primary N) is 1. The van der Waals surface area contributed by atoms with Gasteiger partial charge in [0.05, 0.1) is 6.54 Å². The van der Waals surface area contributed by atoms with Crippen LogP contribution in [0.5, 0.6) is 0 Å². The third-order valence-corrected chi connectivity index (χ3v) is 2.41. The molecule has 0 saturated carbocycles. The van der Waals surface area contributed by atoms with Crippen molar-refractivity contribution in [2.24, 2.45) is 10.9 Å². The monoisotopic (exact) mass is 250 g/mol. The molecule has 0 aliphatic carbocycles. The van der Waals surface area contributed by atoms with Gasteiger partial charge in [-0.3, -0.25) is 9.78 Å². The molecule has 0 spiro atoms. The zero-order valence-corrected chi connectivity index (χ0v) is 10.6. The van der Waals surface area contributed by atoms with E-state index >= 15 is 0 Å². The molecule has 1 heterocycles.